The van der Waals surface area contributed by atoms with Gasteiger partial charge in [0.1, 0.15) is 6.61 Å². The fraction of sp³-hybridized carbons (Fsp3) is 0.632. The van der Waals surface area contributed by atoms with Gasteiger partial charge in [-0.15, -0.1) is 0 Å². The molecule has 0 unspecified atom stereocenters. The highest BCUT2D eigenvalue weighted by molar-refractivity contribution is 7.92. The molecule has 4 rings (SSSR count). The van der Waals surface area contributed by atoms with Crippen molar-refractivity contribution in [2.24, 2.45) is 5.92 Å². The number of pyridine rings is 1. The third kappa shape index (κ3) is 4.40. The number of hydrogen-bond donors (Lipinski definition) is 1. The molecule has 0 saturated carbocycles. The van der Waals surface area contributed by atoms with E-state index in [9.17, 15) is 31.2 Å². The van der Waals surface area contributed by atoms with E-state index in [-0.39, 0.29) is 24.5 Å². The molecule has 0 bridgehead atoms. The van der Waals surface area contributed by atoms with E-state index in [0.29, 0.717) is 57.7 Å². The molecule has 3 fully saturated rings. The predicted molar refractivity (Wildman–Crippen MR) is 104 cm³/mol. The fourth-order valence-corrected chi connectivity index (χ4v) is 5.05. The maximum atomic E-state index is 12.7. The standard InChI is InChI=1S/C19H23F3N4O5S/c20-19(21,22)32(29,30)15-2-1-14(23-8-15)7-13-3-5-25(6-4-13)17(28)26-10-18(11-26)12-31-9-16(27)24-18/h1-2,8,13H,3-7,9-12H2,(H,24,27). The number of nitrogens with zero attached hydrogens (tertiary/aromatic N) is 3. The Bertz CT molecular complexity index is 985. The van der Waals surface area contributed by atoms with Gasteiger partial charge in [0.15, 0.2) is 0 Å². The topological polar surface area (TPSA) is 109 Å². The maximum absolute atomic E-state index is 12.7. The number of rotatable bonds is 3. The number of carbonyl (C=O) groups excluding carboxylic acids is 2. The van der Waals surface area contributed by atoms with E-state index in [1.165, 1.54) is 6.07 Å². The van der Waals surface area contributed by atoms with Crippen molar-refractivity contribution in [3.8, 4) is 0 Å². The van der Waals surface area contributed by atoms with Crippen LogP contribution < -0.4 is 5.32 Å². The molecule has 3 saturated heterocycles. The highest BCUT2D eigenvalue weighted by Crippen LogP contribution is 2.31. The number of aromatic nitrogens is 1. The minimum Gasteiger partial charge on any atom is -0.369 e. The average molecular weight is 476 g/mol. The Hall–Kier alpha value is -2.41. The maximum Gasteiger partial charge on any atom is 0.501 e. The van der Waals surface area contributed by atoms with Crippen LogP contribution in [0, 0.1) is 5.92 Å². The highest BCUT2D eigenvalue weighted by Gasteiger charge is 2.49. The zero-order valence-electron chi connectivity index (χ0n) is 17.1. The van der Waals surface area contributed by atoms with E-state index in [0.717, 1.165) is 12.3 Å². The summed E-state index contributed by atoms with van der Waals surface area (Å²) in [5, 5.41) is 2.89. The van der Waals surface area contributed by atoms with Crippen molar-refractivity contribution in [2.75, 3.05) is 39.4 Å². The van der Waals surface area contributed by atoms with Crippen molar-refractivity contribution < 1.29 is 35.9 Å². The summed E-state index contributed by atoms with van der Waals surface area (Å²) in [5.74, 6) is 0.00667. The van der Waals surface area contributed by atoms with E-state index in [2.05, 4.69) is 10.3 Å². The number of piperidine rings is 1. The first-order valence-corrected chi connectivity index (χ1v) is 11.7. The van der Waals surface area contributed by atoms with Crippen LogP contribution in [0.25, 0.3) is 0 Å². The lowest BCUT2D eigenvalue weighted by atomic mass is 9.89. The number of nitrogens with one attached hydrogen (secondary N) is 1. The lowest BCUT2D eigenvalue weighted by molar-refractivity contribution is -0.141. The molecule has 9 nitrogen and oxygen atoms in total. The zero-order chi connectivity index (χ0) is 23.1. The minimum absolute atomic E-state index is 0.0406. The van der Waals surface area contributed by atoms with E-state index >= 15 is 0 Å². The van der Waals surface area contributed by atoms with Crippen molar-refractivity contribution in [1.82, 2.24) is 20.1 Å². The van der Waals surface area contributed by atoms with Gasteiger partial charge in [0.2, 0.25) is 5.91 Å². The first-order valence-electron chi connectivity index (χ1n) is 10.2. The third-order valence-electron chi connectivity index (χ3n) is 6.07. The lowest BCUT2D eigenvalue weighted by Crippen LogP contribution is -2.76. The Labute approximate surface area is 182 Å². The molecule has 0 radical (unpaired) electrons. The van der Waals surface area contributed by atoms with Gasteiger partial charge in [0.25, 0.3) is 9.84 Å². The van der Waals surface area contributed by atoms with Crippen molar-refractivity contribution in [3.63, 3.8) is 0 Å². The normalized spacial score (nSPS) is 21.9. The van der Waals surface area contributed by atoms with Crippen molar-refractivity contribution in [1.29, 1.82) is 0 Å². The van der Waals surface area contributed by atoms with Crippen LogP contribution >= 0.6 is 0 Å². The summed E-state index contributed by atoms with van der Waals surface area (Å²) in [6, 6.07) is 2.14. The summed E-state index contributed by atoms with van der Waals surface area (Å²) in [5.41, 5.74) is -5.34. The van der Waals surface area contributed by atoms with Gasteiger partial charge in [-0.2, -0.15) is 13.2 Å². The molecule has 0 aromatic carbocycles. The number of likely N-dealkylation sites (tertiary alicyclic amines) is 2. The molecular weight excluding hydrogens is 453 g/mol. The molecule has 1 aromatic rings. The highest BCUT2D eigenvalue weighted by atomic mass is 32.2. The number of ether oxygens (including phenoxy) is 1. The van der Waals surface area contributed by atoms with Gasteiger partial charge in [-0.25, -0.2) is 13.2 Å². The van der Waals surface area contributed by atoms with E-state index in [1.807, 2.05) is 0 Å². The SMILES string of the molecule is O=C1COCC2(CN(C(=O)N3CCC(Cc4ccc(S(=O)(=O)C(F)(F)F)cn4)CC3)C2)N1. The van der Waals surface area contributed by atoms with Gasteiger partial charge >= 0.3 is 11.5 Å². The second-order valence-corrected chi connectivity index (χ2v) is 10.5. The minimum atomic E-state index is -5.40. The van der Waals surface area contributed by atoms with Gasteiger partial charge in [-0.1, -0.05) is 0 Å². The predicted octanol–water partition coefficient (Wildman–Crippen LogP) is 0.950. The number of amides is 3. The van der Waals surface area contributed by atoms with Gasteiger partial charge in [0, 0.05) is 38.1 Å². The smallest absolute Gasteiger partial charge is 0.369 e. The number of halogens is 3. The monoisotopic (exact) mass is 476 g/mol. The molecule has 0 aliphatic carbocycles. The van der Waals surface area contributed by atoms with Crippen LogP contribution in [0.5, 0.6) is 0 Å². The van der Waals surface area contributed by atoms with Gasteiger partial charge in [-0.3, -0.25) is 9.78 Å². The molecule has 0 atom stereocenters. The van der Waals surface area contributed by atoms with Crippen LogP contribution in [0.4, 0.5) is 18.0 Å². The summed E-state index contributed by atoms with van der Waals surface area (Å²) in [7, 11) is -5.40. The Kier molecular flexibility index (Phi) is 5.82. The molecule has 3 amide bonds. The number of hydrogen-bond acceptors (Lipinski definition) is 6. The van der Waals surface area contributed by atoms with E-state index < -0.39 is 25.8 Å². The lowest BCUT2D eigenvalue weighted by Gasteiger charge is -2.52. The number of sulfone groups is 1. The zero-order valence-corrected chi connectivity index (χ0v) is 17.9. The Balaban J connectivity index is 1.26. The van der Waals surface area contributed by atoms with Crippen LogP contribution in [-0.4, -0.2) is 85.6 Å². The summed E-state index contributed by atoms with van der Waals surface area (Å²) in [4.78, 5) is 30.7. The molecular formula is C19H23F3N4O5S. The Morgan fingerprint density at radius 2 is 1.91 bits per heavy atom. The van der Waals surface area contributed by atoms with E-state index in [1.54, 1.807) is 9.80 Å². The summed E-state index contributed by atoms with van der Waals surface area (Å²) in [6.45, 7) is 2.33. The van der Waals surface area contributed by atoms with Gasteiger partial charge < -0.3 is 19.9 Å². The largest absolute Gasteiger partial charge is 0.501 e. The van der Waals surface area contributed by atoms with Crippen molar-refractivity contribution in [3.05, 3.63) is 24.0 Å². The molecule has 1 aromatic heterocycles. The molecule has 1 N–H and O–H groups in total. The number of morpholine rings is 1. The van der Waals surface area contributed by atoms with Crippen LogP contribution in [0.15, 0.2) is 23.2 Å². The Morgan fingerprint density at radius 1 is 1.22 bits per heavy atom. The van der Waals surface area contributed by atoms with Crippen LogP contribution in [0.3, 0.4) is 0 Å². The number of carbonyl (C=O) groups is 2. The molecule has 3 aliphatic rings. The first kappa shape index (κ1) is 22.8. The molecule has 1 spiro atoms. The third-order valence-corrected chi connectivity index (χ3v) is 7.54. The van der Waals surface area contributed by atoms with Crippen molar-refractivity contribution in [2.45, 2.75) is 35.2 Å². The van der Waals surface area contributed by atoms with Gasteiger partial charge in [-0.05, 0) is 37.3 Å². The average Bonchev–Trinajstić information content (AvgIpc) is 2.71. The molecule has 13 heteroatoms. The molecule has 4 heterocycles. The molecule has 32 heavy (non-hydrogen) atoms. The van der Waals surface area contributed by atoms with Crippen LogP contribution in [0.2, 0.25) is 0 Å². The molecule has 176 valence electrons. The fourth-order valence-electron chi connectivity index (χ4n) is 4.35. The second-order valence-electron chi connectivity index (χ2n) is 8.53. The van der Waals surface area contributed by atoms with Crippen LogP contribution in [-0.2, 0) is 25.8 Å². The summed E-state index contributed by atoms with van der Waals surface area (Å²) in [6.07, 6.45) is 2.64. The van der Waals surface area contributed by atoms with Gasteiger partial charge in [0.05, 0.1) is 17.0 Å². The molecule has 3 aliphatic heterocycles. The summed E-state index contributed by atoms with van der Waals surface area (Å²) >= 11 is 0. The van der Waals surface area contributed by atoms with E-state index in [4.69, 9.17) is 4.74 Å². The first-order chi connectivity index (χ1) is 15.0. The van der Waals surface area contributed by atoms with Crippen molar-refractivity contribution >= 4 is 21.8 Å². The Morgan fingerprint density at radius 3 is 2.47 bits per heavy atom. The number of urea groups is 1. The number of alkyl halides is 3. The second kappa shape index (κ2) is 8.18. The summed E-state index contributed by atoms with van der Waals surface area (Å²) < 4.78 is 66.0. The van der Waals surface area contributed by atoms with Crippen LogP contribution in [0.1, 0.15) is 18.5 Å². The quantitative estimate of drug-likeness (QED) is 0.696.